The van der Waals surface area contributed by atoms with Gasteiger partial charge < -0.3 is 5.73 Å². The molecule has 0 bridgehead atoms. The smallest absolute Gasteiger partial charge is 0.170 e. The molecule has 0 fully saturated rings. The highest BCUT2D eigenvalue weighted by Crippen LogP contribution is 2.37. The Morgan fingerprint density at radius 2 is 2.00 bits per heavy atom. The molecule has 0 aliphatic rings. The Hall–Kier alpha value is -1.50. The zero-order chi connectivity index (χ0) is 15.5. The van der Waals surface area contributed by atoms with Gasteiger partial charge in [0.25, 0.3) is 0 Å². The molecule has 4 nitrogen and oxygen atoms in total. The van der Waals surface area contributed by atoms with Crippen LogP contribution in [0.15, 0.2) is 51.2 Å². The van der Waals surface area contributed by atoms with Crippen molar-refractivity contribution in [3.8, 4) is 0 Å². The molecule has 3 rings (SSSR count). The summed E-state index contributed by atoms with van der Waals surface area (Å²) in [4.78, 5) is 7.01. The highest BCUT2D eigenvalue weighted by molar-refractivity contribution is 8.02. The minimum Gasteiger partial charge on any atom is -0.330 e. The summed E-state index contributed by atoms with van der Waals surface area (Å²) in [5.41, 5.74) is 8.76. The Morgan fingerprint density at radius 3 is 2.68 bits per heavy atom. The number of nitrogens with zero attached hydrogens (tertiary/aromatic N) is 3. The molecule has 22 heavy (non-hydrogen) atoms. The Bertz CT molecular complexity index is 784. The molecule has 3 aromatic rings. The largest absolute Gasteiger partial charge is 0.330 e. The summed E-state index contributed by atoms with van der Waals surface area (Å²) in [6, 6.07) is 12.4. The summed E-state index contributed by atoms with van der Waals surface area (Å²) >= 11 is 3.36. The second-order valence-corrected chi connectivity index (χ2v) is 6.80. The highest BCUT2D eigenvalue weighted by atomic mass is 32.2. The third kappa shape index (κ3) is 2.99. The van der Waals surface area contributed by atoms with Crippen molar-refractivity contribution in [3.63, 3.8) is 0 Å². The van der Waals surface area contributed by atoms with Crippen LogP contribution >= 0.6 is 23.5 Å². The van der Waals surface area contributed by atoms with Crippen molar-refractivity contribution in [2.24, 2.45) is 5.73 Å². The van der Waals surface area contributed by atoms with E-state index in [-0.39, 0.29) is 0 Å². The Morgan fingerprint density at radius 1 is 1.23 bits per heavy atom. The van der Waals surface area contributed by atoms with Crippen molar-refractivity contribution >= 4 is 29.2 Å². The fourth-order valence-electron chi connectivity index (χ4n) is 2.33. The van der Waals surface area contributed by atoms with E-state index < -0.39 is 0 Å². The first kappa shape index (κ1) is 15.4. The molecule has 114 valence electrons. The number of rotatable bonds is 5. The normalized spacial score (nSPS) is 11.2. The lowest BCUT2D eigenvalue weighted by atomic mass is 10.2. The van der Waals surface area contributed by atoms with Gasteiger partial charge in [0.1, 0.15) is 5.03 Å². The third-order valence-electron chi connectivity index (χ3n) is 3.28. The average Bonchev–Trinajstić information content (AvgIpc) is 2.87. The quantitative estimate of drug-likeness (QED) is 0.727. The van der Waals surface area contributed by atoms with E-state index in [1.54, 1.807) is 23.5 Å². The summed E-state index contributed by atoms with van der Waals surface area (Å²) in [6.07, 6.45) is 2.84. The lowest BCUT2D eigenvalue weighted by Crippen LogP contribution is -2.09. The molecule has 0 radical (unpaired) electrons. The van der Waals surface area contributed by atoms with E-state index in [0.29, 0.717) is 6.54 Å². The minimum absolute atomic E-state index is 0.605. The Labute approximate surface area is 138 Å². The number of aromatic nitrogens is 3. The molecule has 0 spiro atoms. The second-order valence-electron chi connectivity index (χ2n) is 4.92. The number of hydrogen-bond donors (Lipinski definition) is 1. The SMILES string of the molecule is CSc1nn2c(CCN)cc(C)nc2c1Sc1ccccc1. The summed E-state index contributed by atoms with van der Waals surface area (Å²) in [6.45, 7) is 2.62. The predicted molar refractivity (Wildman–Crippen MR) is 92.8 cm³/mol. The predicted octanol–water partition coefficient (Wildman–Crippen LogP) is 3.41. The lowest BCUT2D eigenvalue weighted by Gasteiger charge is -2.05. The fraction of sp³-hybridized carbons (Fsp3) is 0.250. The minimum atomic E-state index is 0.605. The van der Waals surface area contributed by atoms with Gasteiger partial charge in [-0.1, -0.05) is 30.0 Å². The topological polar surface area (TPSA) is 56.2 Å². The monoisotopic (exact) mass is 330 g/mol. The Balaban J connectivity index is 2.15. The van der Waals surface area contributed by atoms with E-state index in [4.69, 9.17) is 15.8 Å². The van der Waals surface area contributed by atoms with E-state index in [2.05, 4.69) is 18.2 Å². The van der Waals surface area contributed by atoms with Crippen molar-refractivity contribution in [1.29, 1.82) is 0 Å². The molecular formula is C16H18N4S2. The van der Waals surface area contributed by atoms with Crippen LogP contribution in [0.4, 0.5) is 0 Å². The molecule has 0 amide bonds. The van der Waals surface area contributed by atoms with Gasteiger partial charge >= 0.3 is 0 Å². The maximum atomic E-state index is 5.73. The molecule has 0 atom stereocenters. The number of aryl methyl sites for hydroxylation is 1. The lowest BCUT2D eigenvalue weighted by molar-refractivity contribution is 0.789. The molecule has 2 N–H and O–H groups in total. The van der Waals surface area contributed by atoms with E-state index >= 15 is 0 Å². The third-order valence-corrected chi connectivity index (χ3v) is 5.17. The van der Waals surface area contributed by atoms with Crippen molar-refractivity contribution < 1.29 is 0 Å². The molecule has 6 heteroatoms. The van der Waals surface area contributed by atoms with E-state index in [0.717, 1.165) is 33.4 Å². The number of fused-ring (bicyclic) bond motifs is 1. The summed E-state index contributed by atoms with van der Waals surface area (Å²) in [5, 5.41) is 5.73. The van der Waals surface area contributed by atoms with Gasteiger partial charge in [-0.3, -0.25) is 0 Å². The molecular weight excluding hydrogens is 312 g/mol. The number of benzene rings is 1. The average molecular weight is 330 g/mol. The maximum absolute atomic E-state index is 5.73. The second kappa shape index (κ2) is 6.73. The van der Waals surface area contributed by atoms with Gasteiger partial charge in [-0.25, -0.2) is 9.50 Å². The number of thioether (sulfide) groups is 1. The van der Waals surface area contributed by atoms with Gasteiger partial charge in [0.2, 0.25) is 0 Å². The summed E-state index contributed by atoms with van der Waals surface area (Å²) in [7, 11) is 0. The van der Waals surface area contributed by atoms with Gasteiger partial charge in [0.05, 0.1) is 4.90 Å². The standard InChI is InChI=1S/C16H18N4S2/c1-11-10-12(8-9-17)20-15(18-11)14(16(19-20)21-2)22-13-6-4-3-5-7-13/h3-7,10H,8-9,17H2,1-2H3. The first-order chi connectivity index (χ1) is 10.7. The van der Waals surface area contributed by atoms with Crippen LogP contribution in [0.5, 0.6) is 0 Å². The van der Waals surface area contributed by atoms with Crippen LogP contribution in [0.25, 0.3) is 5.65 Å². The van der Waals surface area contributed by atoms with Crippen molar-refractivity contribution in [1.82, 2.24) is 14.6 Å². The zero-order valence-electron chi connectivity index (χ0n) is 12.6. The van der Waals surface area contributed by atoms with Gasteiger partial charge in [-0.2, -0.15) is 5.10 Å². The van der Waals surface area contributed by atoms with Crippen LogP contribution in [0.2, 0.25) is 0 Å². The van der Waals surface area contributed by atoms with Gasteiger partial charge in [-0.15, -0.1) is 11.8 Å². The van der Waals surface area contributed by atoms with Gasteiger partial charge in [0.15, 0.2) is 5.65 Å². The molecule has 1 aromatic carbocycles. The first-order valence-electron chi connectivity index (χ1n) is 7.09. The van der Waals surface area contributed by atoms with Crippen LogP contribution < -0.4 is 5.73 Å². The summed E-state index contributed by atoms with van der Waals surface area (Å²) < 4.78 is 1.94. The van der Waals surface area contributed by atoms with E-state index in [1.165, 1.54) is 4.90 Å². The van der Waals surface area contributed by atoms with Crippen LogP contribution in [0.3, 0.4) is 0 Å². The van der Waals surface area contributed by atoms with Gasteiger partial charge in [-0.05, 0) is 37.9 Å². The molecule has 0 aliphatic heterocycles. The molecule has 0 saturated heterocycles. The molecule has 0 unspecified atom stereocenters. The fourth-order valence-corrected chi connectivity index (χ4v) is 4.03. The Kier molecular flexibility index (Phi) is 4.71. The van der Waals surface area contributed by atoms with Crippen LogP contribution in [0, 0.1) is 6.92 Å². The first-order valence-corrected chi connectivity index (χ1v) is 9.13. The van der Waals surface area contributed by atoms with Crippen LogP contribution in [0.1, 0.15) is 11.4 Å². The zero-order valence-corrected chi connectivity index (χ0v) is 14.2. The highest BCUT2D eigenvalue weighted by Gasteiger charge is 2.17. The van der Waals surface area contributed by atoms with Crippen molar-refractivity contribution in [2.75, 3.05) is 12.8 Å². The van der Waals surface area contributed by atoms with Crippen molar-refractivity contribution in [2.45, 2.75) is 28.2 Å². The summed E-state index contributed by atoms with van der Waals surface area (Å²) in [5.74, 6) is 0. The molecule has 0 saturated carbocycles. The number of hydrogen-bond acceptors (Lipinski definition) is 5. The number of nitrogens with two attached hydrogens (primary N) is 1. The van der Waals surface area contributed by atoms with Crippen LogP contribution in [-0.4, -0.2) is 27.4 Å². The van der Waals surface area contributed by atoms with Crippen LogP contribution in [-0.2, 0) is 6.42 Å². The van der Waals surface area contributed by atoms with E-state index in [1.807, 2.05) is 35.9 Å². The maximum Gasteiger partial charge on any atom is 0.170 e. The van der Waals surface area contributed by atoms with Crippen molar-refractivity contribution in [3.05, 3.63) is 47.8 Å². The van der Waals surface area contributed by atoms with E-state index in [9.17, 15) is 0 Å². The molecule has 2 aromatic heterocycles. The van der Waals surface area contributed by atoms with Gasteiger partial charge in [0, 0.05) is 22.7 Å². The molecule has 2 heterocycles. The molecule has 0 aliphatic carbocycles.